The number of carbonyl (C=O) groups excluding carboxylic acids is 2. The Morgan fingerprint density at radius 1 is 1.22 bits per heavy atom. The minimum atomic E-state index is -0.365. The smallest absolute Gasteiger partial charge is 0.229 e. The van der Waals surface area contributed by atoms with E-state index in [2.05, 4.69) is 12.2 Å². The standard InChI is InChI=1S/C22H25ClN2O2/c1-3-4-6-16-9-11-18(12-10-16)24-22(27)17-13-21(26)25(14-17)20-8-5-7-19(23)15(20)2/h5,7-12,17H,3-4,6,13-14H2,1-2H3,(H,24,27)/t17-/m0/s1. The van der Waals surface area contributed by atoms with E-state index in [0.717, 1.165) is 36.2 Å². The normalized spacial score (nSPS) is 16.6. The van der Waals surface area contributed by atoms with E-state index in [1.54, 1.807) is 11.0 Å². The van der Waals surface area contributed by atoms with Crippen molar-refractivity contribution in [3.63, 3.8) is 0 Å². The van der Waals surface area contributed by atoms with Crippen LogP contribution in [0.1, 0.15) is 37.3 Å². The molecule has 0 spiro atoms. The number of hydrogen-bond acceptors (Lipinski definition) is 2. The number of unbranched alkanes of at least 4 members (excludes halogenated alkanes) is 1. The molecular weight excluding hydrogens is 360 g/mol. The van der Waals surface area contributed by atoms with Crippen LogP contribution in [0.5, 0.6) is 0 Å². The molecule has 4 nitrogen and oxygen atoms in total. The van der Waals surface area contributed by atoms with Gasteiger partial charge >= 0.3 is 0 Å². The number of rotatable bonds is 6. The van der Waals surface area contributed by atoms with Gasteiger partial charge in [-0.3, -0.25) is 9.59 Å². The molecule has 1 saturated heterocycles. The van der Waals surface area contributed by atoms with E-state index >= 15 is 0 Å². The molecule has 1 N–H and O–H groups in total. The average Bonchev–Trinajstić information content (AvgIpc) is 3.05. The summed E-state index contributed by atoms with van der Waals surface area (Å²) in [5, 5.41) is 3.56. The van der Waals surface area contributed by atoms with Crippen LogP contribution < -0.4 is 10.2 Å². The number of aryl methyl sites for hydroxylation is 1. The Morgan fingerprint density at radius 2 is 1.96 bits per heavy atom. The van der Waals surface area contributed by atoms with Crippen LogP contribution in [0.2, 0.25) is 5.02 Å². The lowest BCUT2D eigenvalue weighted by atomic mass is 10.1. The van der Waals surface area contributed by atoms with Crippen molar-refractivity contribution < 1.29 is 9.59 Å². The van der Waals surface area contributed by atoms with Crippen LogP contribution in [-0.4, -0.2) is 18.4 Å². The van der Waals surface area contributed by atoms with E-state index < -0.39 is 0 Å². The molecule has 27 heavy (non-hydrogen) atoms. The predicted octanol–water partition coefficient (Wildman–Crippen LogP) is 4.98. The van der Waals surface area contributed by atoms with Crippen molar-refractivity contribution in [2.45, 2.75) is 39.5 Å². The Morgan fingerprint density at radius 3 is 2.67 bits per heavy atom. The zero-order valence-electron chi connectivity index (χ0n) is 15.8. The highest BCUT2D eigenvalue weighted by molar-refractivity contribution is 6.31. The molecule has 0 aliphatic carbocycles. The van der Waals surface area contributed by atoms with E-state index in [0.29, 0.717) is 11.6 Å². The van der Waals surface area contributed by atoms with Gasteiger partial charge < -0.3 is 10.2 Å². The summed E-state index contributed by atoms with van der Waals surface area (Å²) >= 11 is 6.17. The van der Waals surface area contributed by atoms with Crippen molar-refractivity contribution in [3.05, 3.63) is 58.6 Å². The summed E-state index contributed by atoms with van der Waals surface area (Å²) < 4.78 is 0. The third kappa shape index (κ3) is 4.51. The van der Waals surface area contributed by atoms with Gasteiger partial charge in [0.15, 0.2) is 0 Å². The second kappa shape index (κ2) is 8.57. The fourth-order valence-electron chi connectivity index (χ4n) is 3.38. The van der Waals surface area contributed by atoms with Crippen LogP contribution in [0.3, 0.4) is 0 Å². The summed E-state index contributed by atoms with van der Waals surface area (Å²) in [4.78, 5) is 26.7. The van der Waals surface area contributed by atoms with Gasteiger partial charge in [0.2, 0.25) is 11.8 Å². The molecule has 1 fully saturated rings. The van der Waals surface area contributed by atoms with Crippen molar-refractivity contribution in [1.82, 2.24) is 0 Å². The Labute approximate surface area is 165 Å². The number of nitrogens with zero attached hydrogens (tertiary/aromatic N) is 1. The van der Waals surface area contributed by atoms with Gasteiger partial charge in [-0.2, -0.15) is 0 Å². The lowest BCUT2D eigenvalue weighted by Gasteiger charge is -2.19. The Bertz CT molecular complexity index is 833. The third-order valence-electron chi connectivity index (χ3n) is 5.07. The highest BCUT2D eigenvalue weighted by Crippen LogP contribution is 2.31. The van der Waals surface area contributed by atoms with Crippen molar-refractivity contribution in [1.29, 1.82) is 0 Å². The molecule has 5 heteroatoms. The first-order chi connectivity index (χ1) is 13.0. The minimum Gasteiger partial charge on any atom is -0.326 e. The second-order valence-electron chi connectivity index (χ2n) is 7.08. The lowest BCUT2D eigenvalue weighted by Crippen LogP contribution is -2.28. The number of anilines is 2. The average molecular weight is 385 g/mol. The summed E-state index contributed by atoms with van der Waals surface area (Å²) in [6.45, 7) is 4.44. The number of amides is 2. The summed E-state index contributed by atoms with van der Waals surface area (Å²) in [6, 6.07) is 13.5. The van der Waals surface area contributed by atoms with E-state index in [-0.39, 0.29) is 24.2 Å². The highest BCUT2D eigenvalue weighted by atomic mass is 35.5. The van der Waals surface area contributed by atoms with Crippen LogP contribution in [0.4, 0.5) is 11.4 Å². The van der Waals surface area contributed by atoms with Crippen LogP contribution in [-0.2, 0) is 16.0 Å². The van der Waals surface area contributed by atoms with Crippen molar-refractivity contribution >= 4 is 34.8 Å². The van der Waals surface area contributed by atoms with E-state index in [1.807, 2.05) is 43.3 Å². The molecule has 1 aliphatic heterocycles. The second-order valence-corrected chi connectivity index (χ2v) is 7.49. The summed E-state index contributed by atoms with van der Waals surface area (Å²) in [7, 11) is 0. The van der Waals surface area contributed by atoms with E-state index in [9.17, 15) is 9.59 Å². The first-order valence-corrected chi connectivity index (χ1v) is 9.82. The first-order valence-electron chi connectivity index (χ1n) is 9.45. The van der Waals surface area contributed by atoms with Gasteiger partial charge in [0.25, 0.3) is 0 Å². The van der Waals surface area contributed by atoms with Gasteiger partial charge in [-0.15, -0.1) is 0 Å². The number of halogens is 1. The molecule has 1 aliphatic rings. The van der Waals surface area contributed by atoms with Crippen molar-refractivity contribution in [2.24, 2.45) is 5.92 Å². The molecule has 1 heterocycles. The van der Waals surface area contributed by atoms with Gasteiger partial charge in [0, 0.05) is 29.4 Å². The summed E-state index contributed by atoms with van der Waals surface area (Å²) in [6.07, 6.45) is 3.59. The number of hydrogen-bond donors (Lipinski definition) is 1. The molecule has 2 aromatic carbocycles. The maximum absolute atomic E-state index is 12.6. The topological polar surface area (TPSA) is 49.4 Å². The molecule has 0 radical (unpaired) electrons. The van der Waals surface area contributed by atoms with E-state index in [4.69, 9.17) is 11.6 Å². The molecule has 142 valence electrons. The quantitative estimate of drug-likeness (QED) is 0.763. The number of nitrogens with one attached hydrogen (secondary N) is 1. The van der Waals surface area contributed by atoms with Crippen LogP contribution in [0.15, 0.2) is 42.5 Å². The Hall–Kier alpha value is -2.33. The zero-order chi connectivity index (χ0) is 19.4. The van der Waals surface area contributed by atoms with Gasteiger partial charge in [-0.1, -0.05) is 43.1 Å². The molecule has 0 bridgehead atoms. The Kier molecular flexibility index (Phi) is 6.17. The predicted molar refractivity (Wildman–Crippen MR) is 110 cm³/mol. The van der Waals surface area contributed by atoms with Crippen LogP contribution in [0, 0.1) is 12.8 Å². The zero-order valence-corrected chi connectivity index (χ0v) is 16.6. The van der Waals surface area contributed by atoms with Gasteiger partial charge in [0.05, 0.1) is 5.92 Å². The third-order valence-corrected chi connectivity index (χ3v) is 5.48. The maximum atomic E-state index is 12.6. The minimum absolute atomic E-state index is 0.0459. The molecule has 0 aromatic heterocycles. The highest BCUT2D eigenvalue weighted by Gasteiger charge is 2.35. The Balaban J connectivity index is 1.64. The number of carbonyl (C=O) groups is 2. The largest absolute Gasteiger partial charge is 0.326 e. The molecule has 3 rings (SSSR count). The van der Waals surface area contributed by atoms with Gasteiger partial charge in [0.1, 0.15) is 0 Å². The van der Waals surface area contributed by atoms with Crippen molar-refractivity contribution in [3.8, 4) is 0 Å². The summed E-state index contributed by atoms with van der Waals surface area (Å²) in [5.41, 5.74) is 3.68. The van der Waals surface area contributed by atoms with E-state index in [1.165, 1.54) is 5.56 Å². The first kappa shape index (κ1) is 19.4. The summed E-state index contributed by atoms with van der Waals surface area (Å²) in [5.74, 6) is -0.530. The molecule has 0 saturated carbocycles. The van der Waals surface area contributed by atoms with Gasteiger partial charge in [-0.05, 0) is 55.2 Å². The van der Waals surface area contributed by atoms with Crippen molar-refractivity contribution in [2.75, 3.05) is 16.8 Å². The molecule has 1 atom stereocenters. The number of benzene rings is 2. The molecule has 0 unspecified atom stereocenters. The molecular formula is C22H25ClN2O2. The maximum Gasteiger partial charge on any atom is 0.229 e. The van der Waals surface area contributed by atoms with Gasteiger partial charge in [-0.25, -0.2) is 0 Å². The van der Waals surface area contributed by atoms with Crippen LogP contribution in [0.25, 0.3) is 0 Å². The van der Waals surface area contributed by atoms with Crippen LogP contribution >= 0.6 is 11.6 Å². The lowest BCUT2D eigenvalue weighted by molar-refractivity contribution is -0.122. The molecule has 2 aromatic rings. The SMILES string of the molecule is CCCCc1ccc(NC(=O)[C@H]2CC(=O)N(c3cccc(Cl)c3C)C2)cc1. The fraction of sp³-hybridized carbons (Fsp3) is 0.364. The fourth-order valence-corrected chi connectivity index (χ4v) is 3.55. The monoisotopic (exact) mass is 384 g/mol. The molecule has 2 amide bonds.